The van der Waals surface area contributed by atoms with Gasteiger partial charge >= 0.3 is 0 Å². The summed E-state index contributed by atoms with van der Waals surface area (Å²) in [5.41, 5.74) is 12.2. The molecule has 0 saturated heterocycles. The van der Waals surface area contributed by atoms with Crippen LogP contribution in [0.4, 0.5) is 11.4 Å². The van der Waals surface area contributed by atoms with Crippen LogP contribution in [0.25, 0.3) is 0 Å². The Bertz CT molecular complexity index is 1370. The van der Waals surface area contributed by atoms with E-state index in [0.717, 1.165) is 22.3 Å². The summed E-state index contributed by atoms with van der Waals surface area (Å²) in [4.78, 5) is 24.9. The van der Waals surface area contributed by atoms with Gasteiger partial charge in [0.25, 0.3) is 5.91 Å². The highest BCUT2D eigenvalue weighted by atomic mass is 35.5. The molecule has 1 amide bonds. The number of ketones is 1. The second-order valence-corrected chi connectivity index (χ2v) is 9.62. The van der Waals surface area contributed by atoms with Crippen molar-refractivity contribution in [1.29, 1.82) is 0 Å². The van der Waals surface area contributed by atoms with Gasteiger partial charge in [0.15, 0.2) is 5.78 Å². The minimum atomic E-state index is -0.342. The summed E-state index contributed by atoms with van der Waals surface area (Å²) in [5.74, 6) is -0.775. The molecule has 0 saturated carbocycles. The average molecular weight is 526 g/mol. The molecule has 3 aromatic rings. The molecular weight excluding hydrogens is 497 g/mol. The Labute approximate surface area is 221 Å². The van der Waals surface area contributed by atoms with Gasteiger partial charge < -0.3 is 10.4 Å². The molecule has 0 heterocycles. The Morgan fingerprint density at radius 2 is 1.53 bits per heavy atom. The van der Waals surface area contributed by atoms with E-state index in [1.54, 1.807) is 24.3 Å². The number of hydrazine groups is 1. The maximum atomic E-state index is 12.7. The van der Waals surface area contributed by atoms with Crippen LogP contribution in [0, 0.1) is 27.7 Å². The molecule has 0 aromatic heterocycles. The zero-order valence-electron chi connectivity index (χ0n) is 20.8. The molecule has 0 spiro atoms. The Hall–Kier alpha value is -3.48. The van der Waals surface area contributed by atoms with Gasteiger partial charge in [0.05, 0.1) is 10.7 Å². The van der Waals surface area contributed by atoms with E-state index in [0.29, 0.717) is 22.0 Å². The summed E-state index contributed by atoms with van der Waals surface area (Å²) in [6.07, 6.45) is 0.201. The van der Waals surface area contributed by atoms with Crippen molar-refractivity contribution in [1.82, 2.24) is 5.43 Å². The van der Waals surface area contributed by atoms with E-state index in [1.165, 1.54) is 18.6 Å². The molecule has 0 atom stereocenters. The van der Waals surface area contributed by atoms with Crippen LogP contribution in [0.5, 0.6) is 0 Å². The third-order valence-corrected chi connectivity index (χ3v) is 6.50. The molecule has 4 N–H and O–H groups in total. The lowest BCUT2D eigenvalue weighted by molar-refractivity contribution is -0.114. The number of carbonyl (C=O) groups is 2. The Morgan fingerprint density at radius 3 is 2.19 bits per heavy atom. The smallest absolute Gasteiger partial charge is 0.255 e. The number of aliphatic hydroxyl groups excluding tert-OH is 1. The molecule has 0 aliphatic carbocycles. The highest BCUT2D eigenvalue weighted by Gasteiger charge is 2.15. The van der Waals surface area contributed by atoms with Crippen LogP contribution in [-0.2, 0) is 11.2 Å². The van der Waals surface area contributed by atoms with Crippen molar-refractivity contribution in [3.63, 3.8) is 0 Å². The molecular formula is C28H29Cl2N3O3. The number of Topliss-reactive ketones (excluding diaryl/α,β-unsaturated/α-hetero) is 1. The molecule has 3 aromatic carbocycles. The number of carbonyl (C=O) groups excluding carboxylic acids is 2. The van der Waals surface area contributed by atoms with Crippen molar-refractivity contribution >= 4 is 46.3 Å². The van der Waals surface area contributed by atoms with Gasteiger partial charge in [-0.15, -0.1) is 0 Å². The number of aliphatic hydroxyl groups is 1. The first-order chi connectivity index (χ1) is 17.0. The number of aryl methyl sites for hydroxylation is 4. The molecule has 0 unspecified atom stereocenters. The number of rotatable bonds is 8. The summed E-state index contributed by atoms with van der Waals surface area (Å²) in [6.45, 7) is 9.24. The summed E-state index contributed by atoms with van der Waals surface area (Å²) >= 11 is 12.4. The Kier molecular flexibility index (Phi) is 8.66. The predicted octanol–water partition coefficient (Wildman–Crippen LogP) is 7.00. The first-order valence-electron chi connectivity index (χ1n) is 11.3. The fraction of sp³-hybridized carbons (Fsp3) is 0.214. The van der Waals surface area contributed by atoms with Gasteiger partial charge in [-0.2, -0.15) is 0 Å². The SMILES string of the molecule is CC(=O)/C(NNc1ccc(C(=O)Nc2cc(Cl)ccc2C)cc1Cl)=C(/O)Cc1cc(C)c(C)cc1C. The first kappa shape index (κ1) is 27.1. The van der Waals surface area contributed by atoms with Crippen LogP contribution in [-0.4, -0.2) is 16.8 Å². The summed E-state index contributed by atoms with van der Waals surface area (Å²) in [5, 5.41) is 14.3. The molecule has 0 fully saturated rings. The largest absolute Gasteiger partial charge is 0.510 e. The van der Waals surface area contributed by atoms with Crippen LogP contribution in [0.15, 0.2) is 60.0 Å². The summed E-state index contributed by atoms with van der Waals surface area (Å²) in [6, 6.07) is 14.0. The fourth-order valence-electron chi connectivity index (χ4n) is 3.65. The highest BCUT2D eigenvalue weighted by molar-refractivity contribution is 6.33. The monoisotopic (exact) mass is 525 g/mol. The first-order valence-corrected chi connectivity index (χ1v) is 12.1. The van der Waals surface area contributed by atoms with E-state index in [-0.39, 0.29) is 34.6 Å². The minimum Gasteiger partial charge on any atom is -0.510 e. The van der Waals surface area contributed by atoms with Gasteiger partial charge in [-0.25, -0.2) is 0 Å². The maximum absolute atomic E-state index is 12.7. The van der Waals surface area contributed by atoms with E-state index in [1.807, 2.05) is 39.8 Å². The lowest BCUT2D eigenvalue weighted by Crippen LogP contribution is -2.27. The number of amides is 1. The minimum absolute atomic E-state index is 0.0296. The van der Waals surface area contributed by atoms with Crippen molar-refractivity contribution in [3.8, 4) is 0 Å². The number of hydrogen-bond acceptors (Lipinski definition) is 5. The summed E-state index contributed by atoms with van der Waals surface area (Å²) < 4.78 is 0. The number of hydrogen-bond donors (Lipinski definition) is 4. The van der Waals surface area contributed by atoms with E-state index in [9.17, 15) is 14.7 Å². The Morgan fingerprint density at radius 1 is 0.833 bits per heavy atom. The number of allylic oxidation sites excluding steroid dienone is 2. The summed E-state index contributed by atoms with van der Waals surface area (Å²) in [7, 11) is 0. The average Bonchev–Trinajstić information content (AvgIpc) is 2.80. The van der Waals surface area contributed by atoms with E-state index >= 15 is 0 Å². The second-order valence-electron chi connectivity index (χ2n) is 8.78. The third-order valence-electron chi connectivity index (χ3n) is 5.95. The molecule has 6 nitrogen and oxygen atoms in total. The zero-order chi connectivity index (χ0) is 26.6. The van der Waals surface area contributed by atoms with Crippen LogP contribution in [0.3, 0.4) is 0 Å². The highest BCUT2D eigenvalue weighted by Crippen LogP contribution is 2.25. The van der Waals surface area contributed by atoms with Crippen molar-refractivity contribution in [2.24, 2.45) is 0 Å². The van der Waals surface area contributed by atoms with Gasteiger partial charge in [0, 0.05) is 29.6 Å². The van der Waals surface area contributed by atoms with E-state index < -0.39 is 0 Å². The molecule has 8 heteroatoms. The van der Waals surface area contributed by atoms with Gasteiger partial charge in [-0.3, -0.25) is 20.4 Å². The number of nitrogens with one attached hydrogen (secondary N) is 3. The van der Waals surface area contributed by atoms with E-state index in [4.69, 9.17) is 23.2 Å². The molecule has 0 aliphatic heterocycles. The van der Waals surface area contributed by atoms with Crippen LogP contribution in [0.1, 0.15) is 45.1 Å². The van der Waals surface area contributed by atoms with Crippen molar-refractivity contribution < 1.29 is 14.7 Å². The number of halogens is 2. The van der Waals surface area contributed by atoms with Gasteiger partial charge in [0.1, 0.15) is 11.5 Å². The lowest BCUT2D eigenvalue weighted by atomic mass is 9.97. The molecule has 0 bridgehead atoms. The predicted molar refractivity (Wildman–Crippen MR) is 147 cm³/mol. The van der Waals surface area contributed by atoms with Gasteiger partial charge in [-0.05, 0) is 85.8 Å². The van der Waals surface area contributed by atoms with Crippen LogP contribution >= 0.6 is 23.2 Å². The van der Waals surface area contributed by atoms with E-state index in [2.05, 4.69) is 22.2 Å². The lowest BCUT2D eigenvalue weighted by Gasteiger charge is -2.16. The fourth-order valence-corrected chi connectivity index (χ4v) is 4.05. The second kappa shape index (κ2) is 11.5. The number of benzene rings is 3. The number of anilines is 2. The van der Waals surface area contributed by atoms with Gasteiger partial charge in [0.2, 0.25) is 0 Å². The van der Waals surface area contributed by atoms with Crippen LogP contribution < -0.4 is 16.2 Å². The quantitative estimate of drug-likeness (QED) is 0.144. The normalized spacial score (nSPS) is 11.5. The topological polar surface area (TPSA) is 90.5 Å². The molecule has 3 rings (SSSR count). The maximum Gasteiger partial charge on any atom is 0.255 e. The van der Waals surface area contributed by atoms with Crippen molar-refractivity contribution in [2.75, 3.05) is 10.7 Å². The van der Waals surface area contributed by atoms with Gasteiger partial charge in [-0.1, -0.05) is 41.4 Å². The molecule has 188 valence electrons. The molecule has 36 heavy (non-hydrogen) atoms. The standard InChI is InChI=1S/C28H29Cl2N3O3/c1-15-6-8-22(29)14-25(15)31-28(36)20-7-9-24(23(30)12-20)32-33-27(19(5)34)26(35)13-21-11-17(3)16(2)10-18(21)4/h6-12,14,32-33,35H,13H2,1-5H3,(H,31,36)/b27-26-. The molecule has 0 radical (unpaired) electrons. The Balaban J connectivity index is 1.74. The van der Waals surface area contributed by atoms with Crippen molar-refractivity contribution in [3.05, 3.63) is 103 Å². The van der Waals surface area contributed by atoms with Crippen LogP contribution in [0.2, 0.25) is 10.0 Å². The molecule has 0 aliphatic rings. The van der Waals surface area contributed by atoms with Crippen molar-refractivity contribution in [2.45, 2.75) is 41.0 Å². The zero-order valence-corrected chi connectivity index (χ0v) is 22.4. The third kappa shape index (κ3) is 6.59.